The third-order valence-corrected chi connectivity index (χ3v) is 3.55. The van der Waals surface area contributed by atoms with Crippen molar-refractivity contribution in [3.05, 3.63) is 35.4 Å². The Morgan fingerprint density at radius 3 is 2.81 bits per heavy atom. The van der Waals surface area contributed by atoms with Crippen LogP contribution in [-0.2, 0) is 4.74 Å². The molecule has 0 saturated carbocycles. The summed E-state index contributed by atoms with van der Waals surface area (Å²) in [5, 5.41) is 10.2. The van der Waals surface area contributed by atoms with E-state index in [2.05, 4.69) is 9.80 Å². The van der Waals surface area contributed by atoms with E-state index in [0.29, 0.717) is 18.7 Å². The lowest BCUT2D eigenvalue weighted by molar-refractivity contribution is -0.0489. The van der Waals surface area contributed by atoms with E-state index >= 15 is 0 Å². The van der Waals surface area contributed by atoms with Crippen molar-refractivity contribution >= 4 is 0 Å². The molecular weight excluding hydrogens is 278 g/mol. The highest BCUT2D eigenvalue weighted by Gasteiger charge is 2.23. The Bertz CT molecular complexity index is 471. The molecule has 1 saturated heterocycles. The zero-order valence-electron chi connectivity index (χ0n) is 12.4. The van der Waals surface area contributed by atoms with Crippen LogP contribution in [0.15, 0.2) is 18.2 Å². The van der Waals surface area contributed by atoms with Crippen LogP contribution >= 0.6 is 0 Å². The predicted molar refractivity (Wildman–Crippen MR) is 76.1 cm³/mol. The molecule has 0 amide bonds. The molecule has 1 N–H and O–H groups in total. The van der Waals surface area contributed by atoms with Crippen molar-refractivity contribution in [3.63, 3.8) is 0 Å². The summed E-state index contributed by atoms with van der Waals surface area (Å²) in [5.41, 5.74) is 0.393. The molecule has 6 heteroatoms. The maximum atomic E-state index is 13.2. The lowest BCUT2D eigenvalue weighted by Crippen LogP contribution is -2.47. The summed E-state index contributed by atoms with van der Waals surface area (Å²) in [6.45, 7) is 3.27. The Balaban J connectivity index is 1.92. The van der Waals surface area contributed by atoms with Crippen LogP contribution in [0.4, 0.5) is 8.78 Å². The van der Waals surface area contributed by atoms with Crippen molar-refractivity contribution in [3.8, 4) is 0 Å². The monoisotopic (exact) mass is 300 g/mol. The Labute approximate surface area is 123 Å². The second-order valence-electron chi connectivity index (χ2n) is 5.70. The third-order valence-electron chi connectivity index (χ3n) is 3.55. The van der Waals surface area contributed by atoms with Gasteiger partial charge in [-0.15, -0.1) is 0 Å². The summed E-state index contributed by atoms with van der Waals surface area (Å²) in [6.07, 6.45) is -0.732. The average molecular weight is 300 g/mol. The topological polar surface area (TPSA) is 35.9 Å². The number of aliphatic hydroxyl groups excluding tert-OH is 1. The molecule has 0 unspecified atom stereocenters. The molecule has 2 rings (SSSR count). The summed E-state index contributed by atoms with van der Waals surface area (Å²) < 4.78 is 31.8. The third kappa shape index (κ3) is 4.71. The Hall–Kier alpha value is -1.08. The van der Waals surface area contributed by atoms with Crippen LogP contribution in [0.5, 0.6) is 0 Å². The number of β-amino-alcohol motifs (C(OH)–C–C–N with tert-alkyl or cyclic N) is 1. The lowest BCUT2D eigenvalue weighted by Gasteiger charge is -2.35. The first-order valence-corrected chi connectivity index (χ1v) is 7.07. The second kappa shape index (κ2) is 7.26. The second-order valence-corrected chi connectivity index (χ2v) is 5.70. The summed E-state index contributed by atoms with van der Waals surface area (Å²) in [5.74, 6) is -1.83. The highest BCUT2D eigenvalue weighted by Crippen LogP contribution is 2.18. The summed E-state index contributed by atoms with van der Waals surface area (Å²) in [7, 11) is 3.97. The smallest absolute Gasteiger partial charge is 0.159 e. The molecule has 1 aliphatic heterocycles. The highest BCUT2D eigenvalue weighted by atomic mass is 19.2. The molecule has 0 radical (unpaired) electrons. The van der Waals surface area contributed by atoms with Crippen LogP contribution < -0.4 is 0 Å². The Kier molecular flexibility index (Phi) is 5.64. The number of benzene rings is 1. The fourth-order valence-electron chi connectivity index (χ4n) is 2.53. The van der Waals surface area contributed by atoms with Crippen LogP contribution in [0, 0.1) is 11.6 Å². The molecule has 1 aromatic rings. The molecule has 2 atom stereocenters. The lowest BCUT2D eigenvalue weighted by atomic mass is 10.1. The summed E-state index contributed by atoms with van der Waals surface area (Å²) >= 11 is 0. The van der Waals surface area contributed by atoms with Gasteiger partial charge in [-0.3, -0.25) is 4.90 Å². The predicted octanol–water partition coefficient (Wildman–Crippen LogP) is 1.26. The van der Waals surface area contributed by atoms with Gasteiger partial charge in [-0.1, -0.05) is 6.07 Å². The minimum absolute atomic E-state index is 0.103. The summed E-state index contributed by atoms with van der Waals surface area (Å²) in [4.78, 5) is 4.14. The Morgan fingerprint density at radius 2 is 2.14 bits per heavy atom. The first-order valence-electron chi connectivity index (χ1n) is 7.07. The molecule has 1 aliphatic rings. The first-order chi connectivity index (χ1) is 9.95. The van der Waals surface area contributed by atoms with Crippen LogP contribution in [-0.4, -0.2) is 67.9 Å². The van der Waals surface area contributed by atoms with Gasteiger partial charge >= 0.3 is 0 Å². The van der Waals surface area contributed by atoms with Gasteiger partial charge < -0.3 is 14.7 Å². The minimum atomic E-state index is -0.931. The molecule has 118 valence electrons. The number of morpholine rings is 1. The van der Waals surface area contributed by atoms with Crippen molar-refractivity contribution in [2.75, 3.05) is 46.9 Å². The van der Waals surface area contributed by atoms with E-state index in [4.69, 9.17) is 4.74 Å². The van der Waals surface area contributed by atoms with Crippen LogP contribution in [0.25, 0.3) is 0 Å². The van der Waals surface area contributed by atoms with Gasteiger partial charge in [0.2, 0.25) is 0 Å². The van der Waals surface area contributed by atoms with Gasteiger partial charge in [-0.2, -0.15) is 0 Å². The van der Waals surface area contributed by atoms with Gasteiger partial charge in [-0.05, 0) is 31.8 Å². The normalized spacial score (nSPS) is 21.7. The molecular formula is C15H22F2N2O2. The van der Waals surface area contributed by atoms with E-state index in [1.807, 2.05) is 14.1 Å². The number of hydrogen-bond donors (Lipinski definition) is 1. The van der Waals surface area contributed by atoms with E-state index in [0.717, 1.165) is 31.8 Å². The molecule has 0 spiro atoms. The zero-order valence-corrected chi connectivity index (χ0v) is 12.4. The van der Waals surface area contributed by atoms with Gasteiger partial charge in [0.05, 0.1) is 18.8 Å². The fourth-order valence-corrected chi connectivity index (χ4v) is 2.53. The minimum Gasteiger partial charge on any atom is -0.387 e. The molecule has 4 nitrogen and oxygen atoms in total. The number of hydrogen-bond acceptors (Lipinski definition) is 4. The van der Waals surface area contributed by atoms with Crippen LogP contribution in [0.2, 0.25) is 0 Å². The average Bonchev–Trinajstić information content (AvgIpc) is 2.41. The first kappa shape index (κ1) is 16.3. The number of nitrogens with zero attached hydrogens (tertiary/aromatic N) is 2. The summed E-state index contributed by atoms with van der Waals surface area (Å²) in [6, 6.07) is 3.51. The molecule has 0 aliphatic carbocycles. The fraction of sp³-hybridized carbons (Fsp3) is 0.600. The van der Waals surface area contributed by atoms with Crippen molar-refractivity contribution < 1.29 is 18.6 Å². The van der Waals surface area contributed by atoms with Crippen LogP contribution in [0.3, 0.4) is 0 Å². The molecule has 1 fully saturated rings. The quantitative estimate of drug-likeness (QED) is 0.888. The van der Waals surface area contributed by atoms with E-state index < -0.39 is 17.7 Å². The van der Waals surface area contributed by atoms with Crippen molar-refractivity contribution in [1.29, 1.82) is 0 Å². The van der Waals surface area contributed by atoms with Gasteiger partial charge in [0.15, 0.2) is 11.6 Å². The zero-order chi connectivity index (χ0) is 15.4. The SMILES string of the molecule is CN(C)C[C@H]1CN(C[C@@H](O)c2ccc(F)c(F)c2)CCO1. The largest absolute Gasteiger partial charge is 0.387 e. The molecule has 0 bridgehead atoms. The number of ether oxygens (including phenoxy) is 1. The van der Waals surface area contributed by atoms with Crippen LogP contribution in [0.1, 0.15) is 11.7 Å². The van der Waals surface area contributed by atoms with E-state index in [9.17, 15) is 13.9 Å². The highest BCUT2D eigenvalue weighted by molar-refractivity contribution is 5.20. The van der Waals surface area contributed by atoms with Crippen molar-refractivity contribution in [2.45, 2.75) is 12.2 Å². The number of rotatable bonds is 5. The Morgan fingerprint density at radius 1 is 1.38 bits per heavy atom. The maximum absolute atomic E-state index is 13.2. The maximum Gasteiger partial charge on any atom is 0.159 e. The van der Waals surface area contributed by atoms with Gasteiger partial charge in [0.25, 0.3) is 0 Å². The molecule has 1 aromatic carbocycles. The molecule has 0 aromatic heterocycles. The molecule has 1 heterocycles. The number of halogens is 2. The van der Waals surface area contributed by atoms with E-state index in [-0.39, 0.29) is 6.10 Å². The van der Waals surface area contributed by atoms with Crippen molar-refractivity contribution in [1.82, 2.24) is 9.80 Å². The van der Waals surface area contributed by atoms with Crippen molar-refractivity contribution in [2.24, 2.45) is 0 Å². The standard InChI is InChI=1S/C15H22F2N2O2/c1-18(2)8-12-9-19(5-6-21-12)10-15(20)11-3-4-13(16)14(17)7-11/h3-4,7,12,15,20H,5-6,8-10H2,1-2H3/t12-,15+/m0/s1. The number of aliphatic hydroxyl groups is 1. The van der Waals surface area contributed by atoms with E-state index in [1.54, 1.807) is 0 Å². The van der Waals surface area contributed by atoms with E-state index in [1.165, 1.54) is 6.07 Å². The van der Waals surface area contributed by atoms with Gasteiger partial charge in [0, 0.05) is 26.2 Å². The molecule has 21 heavy (non-hydrogen) atoms. The van der Waals surface area contributed by atoms with Gasteiger partial charge in [-0.25, -0.2) is 8.78 Å². The van der Waals surface area contributed by atoms with Gasteiger partial charge in [0.1, 0.15) is 0 Å². The number of likely N-dealkylation sites (N-methyl/N-ethyl adjacent to an activating group) is 1.